The van der Waals surface area contributed by atoms with Gasteiger partial charge >= 0.3 is 36.4 Å². The van der Waals surface area contributed by atoms with Crippen molar-refractivity contribution in [3.63, 3.8) is 0 Å². The standard InChI is InChI=1S/C31H37F6N3O4.C27H30F4N2O5.C26H29ClF4N2O4/c1-18(2)40(28(41)21-7-5-19(3)6-8-21)25-15-24(32)26(14-22(25)29(42)43)44-27-23(31(35,36)37)13-20(16-38-27)9-12-39-11-4-10-30(33,34)17-39;1-15(2)33(25(35)18-7-5-16(3)6-8-18)22-13-21(28)23(12-19(22)26(36)37-4)38-24-20(27(29,30)31)11-17(9-10-34)14-32-24;1-14(2)33(24(34)17-7-5-15(3)6-8-17)21-11-20(28)22(10-18(21)25(35)36-4)37-23-19(26(29,30)31)9-16(12-27)13-32-23/h13-16,18-19,21H,4-12,17H2,1-3H3,(H,42,43);10-16,18H,5-9H2,1-4H3;9-11,13-15,17H,5-8,12H2,1-4H3. The summed E-state index contributed by atoms with van der Waals surface area (Å²) in [6.07, 6.45) is -2.35. The number of anilines is 3. The van der Waals surface area contributed by atoms with Gasteiger partial charge in [-0.2, -0.15) is 39.5 Å². The zero-order chi connectivity index (χ0) is 88.1. The maximum atomic E-state index is 15.4. The van der Waals surface area contributed by atoms with Gasteiger partial charge < -0.3 is 48.3 Å². The average molecular weight is 1710 g/mol. The van der Waals surface area contributed by atoms with Crippen LogP contribution in [0.3, 0.4) is 0 Å². The molecule has 0 bridgehead atoms. The van der Waals surface area contributed by atoms with Crippen LogP contribution in [0, 0.1) is 53.0 Å². The Labute approximate surface area is 684 Å². The first-order valence-electron chi connectivity index (χ1n) is 39.0. The van der Waals surface area contributed by atoms with Crippen molar-refractivity contribution in [1.29, 1.82) is 0 Å². The number of pyridine rings is 3. The lowest BCUT2D eigenvalue weighted by Crippen LogP contribution is -2.43. The molecule has 4 aliphatic rings. The number of esters is 2. The first kappa shape index (κ1) is 94.8. The number of halogens is 15. The fourth-order valence-corrected chi connectivity index (χ4v) is 15.0. The minimum absolute atomic E-state index is 0.00561. The van der Waals surface area contributed by atoms with E-state index in [0.717, 1.165) is 120 Å². The van der Waals surface area contributed by atoms with Gasteiger partial charge in [-0.25, -0.2) is 51.3 Å². The Balaban J connectivity index is 0.000000223. The summed E-state index contributed by atoms with van der Waals surface area (Å²) in [5, 5.41) is 9.96. The molecule has 35 heteroatoms. The van der Waals surface area contributed by atoms with Crippen LogP contribution in [0.1, 0.15) is 217 Å². The Kier molecular flexibility index (Phi) is 32.3. The van der Waals surface area contributed by atoms with Crippen LogP contribution in [0.15, 0.2) is 73.2 Å². The van der Waals surface area contributed by atoms with E-state index >= 15 is 13.2 Å². The van der Waals surface area contributed by atoms with Crippen molar-refractivity contribution in [3.8, 4) is 34.9 Å². The summed E-state index contributed by atoms with van der Waals surface area (Å²) in [5.41, 5.74) is -5.01. The number of likely N-dealkylation sites (tertiary alicyclic amines) is 1. The number of methoxy groups -OCH3 is 2. The van der Waals surface area contributed by atoms with Crippen molar-refractivity contribution in [1.82, 2.24) is 19.9 Å². The van der Waals surface area contributed by atoms with Crippen LogP contribution in [-0.2, 0) is 65.9 Å². The van der Waals surface area contributed by atoms with Gasteiger partial charge in [0.15, 0.2) is 34.7 Å². The maximum Gasteiger partial charge on any atom is 0.421 e. The number of amides is 3. The molecular formula is C84H96ClF14N7O13. The van der Waals surface area contributed by atoms with Crippen LogP contribution in [0.4, 0.5) is 78.5 Å². The highest BCUT2D eigenvalue weighted by atomic mass is 35.5. The number of benzene rings is 3. The molecule has 3 aromatic carbocycles. The zero-order valence-corrected chi connectivity index (χ0v) is 68.2. The SMILES string of the molecule is CC1CCC(C(=O)N(c2cc(F)c(Oc3ncc(CCN4CCCC(F)(F)C4)cc3C(F)(F)F)cc2C(=O)O)C(C)C)CC1.COC(=O)c1cc(Oc2ncc(CC=O)cc2C(F)(F)F)c(F)cc1N(C(=O)C1CCC(C)CC1)C(C)C.COC(=O)c1cc(Oc2ncc(CCl)cc2C(F)(F)F)c(F)cc1N(C(=O)C1CCC(C)CC1)C(C)C. The van der Waals surface area contributed by atoms with E-state index < -0.39 is 142 Å². The van der Waals surface area contributed by atoms with Gasteiger partial charge in [-0.1, -0.05) is 20.8 Å². The van der Waals surface area contributed by atoms with Crippen molar-refractivity contribution >= 4 is 70.6 Å². The number of aldehydes is 1. The number of piperidine rings is 1. The third-order valence-corrected chi connectivity index (χ3v) is 21.6. The monoisotopic (exact) mass is 1710 g/mol. The molecule has 650 valence electrons. The summed E-state index contributed by atoms with van der Waals surface area (Å²) in [7, 11) is 2.20. The Hall–Kier alpha value is -9.73. The Morgan fingerprint density at radius 3 is 1.14 bits per heavy atom. The van der Waals surface area contributed by atoms with Crippen molar-refractivity contribution < 1.29 is 124 Å². The maximum absolute atomic E-state index is 15.4. The topological polar surface area (TPSA) is 238 Å². The van der Waals surface area contributed by atoms with Crippen LogP contribution in [0.25, 0.3) is 0 Å². The van der Waals surface area contributed by atoms with E-state index in [1.807, 2.05) is 0 Å². The summed E-state index contributed by atoms with van der Waals surface area (Å²) >= 11 is 5.63. The third-order valence-electron chi connectivity index (χ3n) is 21.2. The van der Waals surface area contributed by atoms with Gasteiger partial charge in [0.2, 0.25) is 35.4 Å². The number of carboxylic acids is 1. The number of aromatic nitrogens is 3. The summed E-state index contributed by atoms with van der Waals surface area (Å²) in [5.74, 6) is -15.2. The number of hydrogen-bond donors (Lipinski definition) is 1. The molecule has 0 radical (unpaired) electrons. The molecule has 0 unspecified atom stereocenters. The molecule has 0 atom stereocenters. The normalized spacial score (nSPS) is 19.0. The van der Waals surface area contributed by atoms with E-state index in [9.17, 15) is 87.0 Å². The van der Waals surface area contributed by atoms with Gasteiger partial charge in [0.05, 0.1) is 54.5 Å². The smallest absolute Gasteiger partial charge is 0.421 e. The predicted molar refractivity (Wildman–Crippen MR) is 412 cm³/mol. The highest BCUT2D eigenvalue weighted by Crippen LogP contribution is 2.46. The second kappa shape index (κ2) is 40.6. The molecule has 3 aliphatic carbocycles. The van der Waals surface area contributed by atoms with Crippen molar-refractivity contribution in [3.05, 3.63) is 141 Å². The number of hydrogen-bond acceptors (Lipinski definition) is 16. The van der Waals surface area contributed by atoms with Crippen molar-refractivity contribution in [2.24, 2.45) is 35.5 Å². The number of ether oxygens (including phenoxy) is 5. The fraction of sp³-hybridized carbons (Fsp3) is 0.524. The fourth-order valence-electron chi connectivity index (χ4n) is 14.8. The number of carbonyl (C=O) groups is 7. The number of nitrogens with zero attached hydrogens (tertiary/aromatic N) is 7. The molecule has 4 heterocycles. The lowest BCUT2D eigenvalue weighted by molar-refractivity contribution is -0.139. The molecule has 3 amide bonds. The first-order chi connectivity index (χ1) is 55.8. The molecule has 3 aromatic heterocycles. The minimum atomic E-state index is -4.97. The van der Waals surface area contributed by atoms with Gasteiger partial charge in [0.1, 0.15) is 23.0 Å². The minimum Gasteiger partial charge on any atom is -0.478 e. The van der Waals surface area contributed by atoms with E-state index in [2.05, 4.69) is 35.7 Å². The Bertz CT molecular complexity index is 4600. The lowest BCUT2D eigenvalue weighted by atomic mass is 9.82. The number of aromatic carboxylic acids is 1. The van der Waals surface area contributed by atoms with Gasteiger partial charge in [-0.3, -0.25) is 19.3 Å². The second-order valence-electron chi connectivity index (χ2n) is 31.3. The molecule has 3 saturated carbocycles. The van der Waals surface area contributed by atoms with E-state index in [1.165, 1.54) is 19.6 Å². The van der Waals surface area contributed by atoms with Crippen LogP contribution in [0.5, 0.6) is 34.9 Å². The van der Waals surface area contributed by atoms with Gasteiger partial charge in [0, 0.05) is 116 Å². The molecule has 119 heavy (non-hydrogen) atoms. The Morgan fingerprint density at radius 1 is 0.513 bits per heavy atom. The highest BCUT2D eigenvalue weighted by Gasteiger charge is 2.43. The summed E-state index contributed by atoms with van der Waals surface area (Å²) in [4.78, 5) is 105. The second-order valence-corrected chi connectivity index (χ2v) is 31.6. The number of rotatable bonds is 24. The van der Waals surface area contributed by atoms with Gasteiger partial charge in [0.25, 0.3) is 5.92 Å². The van der Waals surface area contributed by atoms with Crippen molar-refractivity contribution in [2.45, 2.75) is 214 Å². The van der Waals surface area contributed by atoms with Crippen LogP contribution in [0.2, 0.25) is 0 Å². The lowest BCUT2D eigenvalue weighted by Gasteiger charge is -2.34. The zero-order valence-electron chi connectivity index (χ0n) is 67.5. The van der Waals surface area contributed by atoms with Gasteiger partial charge in [-0.15, -0.1) is 11.6 Å². The van der Waals surface area contributed by atoms with Crippen molar-refractivity contribution in [2.75, 3.05) is 48.6 Å². The molecule has 6 aromatic rings. The summed E-state index contributed by atoms with van der Waals surface area (Å²) in [6, 6.07) is 5.95. The van der Waals surface area contributed by atoms with E-state index in [-0.39, 0.29) is 118 Å². The molecule has 10 rings (SSSR count). The Morgan fingerprint density at radius 2 is 0.832 bits per heavy atom. The van der Waals surface area contributed by atoms with E-state index in [4.69, 9.17) is 35.3 Å². The predicted octanol–water partition coefficient (Wildman–Crippen LogP) is 20.8. The number of carbonyl (C=O) groups excluding carboxylic acids is 6. The molecule has 4 fully saturated rings. The summed E-state index contributed by atoms with van der Waals surface area (Å²) < 4.78 is 223. The van der Waals surface area contributed by atoms with E-state index in [0.29, 0.717) is 75.2 Å². The average Bonchev–Trinajstić information content (AvgIpc) is 0.771. The molecule has 20 nitrogen and oxygen atoms in total. The van der Waals surface area contributed by atoms with Gasteiger partial charge in [-0.05, 0) is 191 Å². The number of alkyl halides is 12. The highest BCUT2D eigenvalue weighted by molar-refractivity contribution is 6.17. The third kappa shape index (κ3) is 24.5. The summed E-state index contributed by atoms with van der Waals surface area (Å²) in [6.45, 7) is 16.5. The first-order valence-corrected chi connectivity index (χ1v) is 39.5. The quantitative estimate of drug-likeness (QED) is 0.0256. The number of carboxylic acid groups (broad SMARTS) is 1. The molecule has 0 spiro atoms. The molecule has 1 N–H and O–H groups in total. The molecular weight excluding hydrogens is 1620 g/mol. The largest absolute Gasteiger partial charge is 0.478 e. The molecule has 1 aliphatic heterocycles. The van der Waals surface area contributed by atoms with Crippen LogP contribution in [-0.4, -0.2) is 125 Å². The molecule has 1 saturated heterocycles. The van der Waals surface area contributed by atoms with E-state index in [1.54, 1.807) is 41.5 Å². The van der Waals surface area contributed by atoms with Crippen LogP contribution < -0.4 is 28.9 Å². The van der Waals surface area contributed by atoms with Crippen LogP contribution >= 0.6 is 11.6 Å².